The van der Waals surface area contributed by atoms with Crippen LogP contribution in [-0.4, -0.2) is 31.3 Å². The van der Waals surface area contributed by atoms with E-state index in [2.05, 4.69) is 38.7 Å². The number of nitrogens with zero attached hydrogens (tertiary/aromatic N) is 1. The lowest BCUT2D eigenvalue weighted by atomic mass is 9.98. The number of aliphatic hydroxyl groups excluding tert-OH is 1. The van der Waals surface area contributed by atoms with Crippen molar-refractivity contribution < 1.29 is 5.11 Å². The molecule has 0 aliphatic rings. The Bertz CT molecular complexity index is 375. The molecule has 3 N–H and O–H groups in total. The van der Waals surface area contributed by atoms with Gasteiger partial charge in [0.25, 0.3) is 0 Å². The van der Waals surface area contributed by atoms with Crippen LogP contribution in [0.3, 0.4) is 0 Å². The summed E-state index contributed by atoms with van der Waals surface area (Å²) in [6, 6.07) is 2.02. The van der Waals surface area contributed by atoms with Crippen LogP contribution in [0.25, 0.3) is 0 Å². The summed E-state index contributed by atoms with van der Waals surface area (Å²) in [5, 5.41) is 9.03. The van der Waals surface area contributed by atoms with Crippen LogP contribution in [0.5, 0.6) is 0 Å². The van der Waals surface area contributed by atoms with E-state index in [9.17, 15) is 0 Å². The van der Waals surface area contributed by atoms with Crippen LogP contribution in [0, 0.1) is 27.7 Å². The molecule has 0 aromatic heterocycles. The molecule has 1 rings (SSSR count). The first-order valence-corrected chi connectivity index (χ1v) is 6.03. The Morgan fingerprint density at radius 2 is 1.65 bits per heavy atom. The molecule has 0 aliphatic heterocycles. The fraction of sp³-hybridized carbons (Fsp3) is 0.571. The lowest BCUT2D eigenvalue weighted by Gasteiger charge is -2.27. The minimum atomic E-state index is -0.195. The van der Waals surface area contributed by atoms with Crippen LogP contribution in [0.2, 0.25) is 0 Å². The number of likely N-dealkylation sites (N-methyl/N-ethyl adjacent to an activating group) is 1. The van der Waals surface area contributed by atoms with E-state index in [1.807, 2.05) is 7.05 Å². The second kappa shape index (κ2) is 5.52. The third-order valence-electron chi connectivity index (χ3n) is 3.45. The maximum absolute atomic E-state index is 9.03. The first kappa shape index (κ1) is 14.0. The third kappa shape index (κ3) is 2.99. The van der Waals surface area contributed by atoms with Gasteiger partial charge in [0.15, 0.2) is 0 Å². The first-order chi connectivity index (χ1) is 7.88. The molecule has 0 saturated carbocycles. The predicted octanol–water partition coefficient (Wildman–Crippen LogP) is 1.68. The average molecular weight is 236 g/mol. The summed E-state index contributed by atoms with van der Waals surface area (Å²) in [6.45, 7) is 9.22. The van der Waals surface area contributed by atoms with Gasteiger partial charge in [-0.2, -0.15) is 0 Å². The van der Waals surface area contributed by atoms with Gasteiger partial charge < -0.3 is 15.7 Å². The summed E-state index contributed by atoms with van der Waals surface area (Å²) >= 11 is 0. The minimum Gasteiger partial charge on any atom is -0.395 e. The van der Waals surface area contributed by atoms with E-state index in [0.29, 0.717) is 6.54 Å². The third-order valence-corrected chi connectivity index (χ3v) is 3.45. The highest BCUT2D eigenvalue weighted by molar-refractivity contribution is 5.63. The lowest BCUT2D eigenvalue weighted by molar-refractivity contribution is 0.267. The molecule has 0 bridgehead atoms. The Morgan fingerprint density at radius 3 is 2.06 bits per heavy atom. The largest absolute Gasteiger partial charge is 0.395 e. The Balaban J connectivity index is 3.12. The van der Waals surface area contributed by atoms with Gasteiger partial charge in [-0.05, 0) is 49.9 Å². The number of aryl methyl sites for hydroxylation is 2. The molecular weight excluding hydrogens is 212 g/mol. The molecule has 0 aliphatic carbocycles. The molecule has 0 radical (unpaired) electrons. The van der Waals surface area contributed by atoms with E-state index in [1.54, 1.807) is 0 Å². The van der Waals surface area contributed by atoms with E-state index < -0.39 is 0 Å². The zero-order valence-corrected chi connectivity index (χ0v) is 11.5. The number of aliphatic hydroxyl groups is 1. The molecule has 17 heavy (non-hydrogen) atoms. The topological polar surface area (TPSA) is 49.5 Å². The van der Waals surface area contributed by atoms with Gasteiger partial charge in [-0.15, -0.1) is 0 Å². The zero-order chi connectivity index (χ0) is 13.2. The monoisotopic (exact) mass is 236 g/mol. The molecular formula is C14H24N2O. The first-order valence-electron chi connectivity index (χ1n) is 6.03. The van der Waals surface area contributed by atoms with Crippen LogP contribution in [-0.2, 0) is 0 Å². The van der Waals surface area contributed by atoms with Crippen LogP contribution in [0.1, 0.15) is 22.3 Å². The summed E-state index contributed by atoms with van der Waals surface area (Å²) in [7, 11) is 2.03. The van der Waals surface area contributed by atoms with E-state index in [1.165, 1.54) is 27.9 Å². The van der Waals surface area contributed by atoms with Gasteiger partial charge in [0.2, 0.25) is 0 Å². The quantitative estimate of drug-likeness (QED) is 0.836. The van der Waals surface area contributed by atoms with Crippen molar-refractivity contribution in [2.24, 2.45) is 5.73 Å². The Hall–Kier alpha value is -1.06. The Kier molecular flexibility index (Phi) is 4.54. The SMILES string of the molecule is Cc1cc(C)c(C)c(N(C)CC(N)CO)c1C. The molecule has 0 saturated heterocycles. The van der Waals surface area contributed by atoms with Gasteiger partial charge in [0.1, 0.15) is 0 Å². The molecule has 1 aromatic carbocycles. The molecule has 0 heterocycles. The normalized spacial score (nSPS) is 12.6. The molecule has 3 heteroatoms. The van der Waals surface area contributed by atoms with Gasteiger partial charge in [-0.3, -0.25) is 0 Å². The van der Waals surface area contributed by atoms with Crippen molar-refractivity contribution in [2.75, 3.05) is 25.1 Å². The summed E-state index contributed by atoms with van der Waals surface area (Å²) in [6.07, 6.45) is 0. The number of hydrogen-bond donors (Lipinski definition) is 2. The number of rotatable bonds is 4. The van der Waals surface area contributed by atoms with E-state index >= 15 is 0 Å². The van der Waals surface area contributed by atoms with Crippen LogP contribution < -0.4 is 10.6 Å². The molecule has 1 atom stereocenters. The fourth-order valence-corrected chi connectivity index (χ4v) is 2.27. The lowest BCUT2D eigenvalue weighted by Crippen LogP contribution is -2.38. The molecule has 0 fully saturated rings. The standard InChI is InChI=1S/C14H24N2O/c1-9-6-10(2)12(4)14(11(9)3)16(5)7-13(15)8-17/h6,13,17H,7-8,15H2,1-5H3. The Morgan fingerprint density at radius 1 is 1.18 bits per heavy atom. The maximum atomic E-state index is 9.03. The molecule has 96 valence electrons. The Labute approximate surface area is 104 Å². The van der Waals surface area contributed by atoms with E-state index in [4.69, 9.17) is 10.8 Å². The summed E-state index contributed by atoms with van der Waals surface area (Å²) in [5.74, 6) is 0. The maximum Gasteiger partial charge on any atom is 0.0599 e. The van der Waals surface area contributed by atoms with Gasteiger partial charge in [0, 0.05) is 25.3 Å². The average Bonchev–Trinajstić information content (AvgIpc) is 2.26. The van der Waals surface area contributed by atoms with Gasteiger partial charge in [0.05, 0.1) is 6.61 Å². The number of hydrogen-bond acceptors (Lipinski definition) is 3. The number of anilines is 1. The minimum absolute atomic E-state index is 0.0211. The van der Waals surface area contributed by atoms with Crippen LogP contribution >= 0.6 is 0 Å². The van der Waals surface area contributed by atoms with E-state index in [0.717, 1.165) is 0 Å². The second-order valence-electron chi connectivity index (χ2n) is 4.93. The molecule has 1 aromatic rings. The molecule has 1 unspecified atom stereocenters. The summed E-state index contributed by atoms with van der Waals surface area (Å²) in [5.41, 5.74) is 12.2. The predicted molar refractivity (Wildman–Crippen MR) is 73.7 cm³/mol. The smallest absolute Gasteiger partial charge is 0.0599 e. The van der Waals surface area contributed by atoms with Crippen molar-refractivity contribution in [2.45, 2.75) is 33.7 Å². The van der Waals surface area contributed by atoms with Crippen molar-refractivity contribution in [3.05, 3.63) is 28.3 Å². The highest BCUT2D eigenvalue weighted by atomic mass is 16.3. The van der Waals surface area contributed by atoms with Crippen molar-refractivity contribution in [3.8, 4) is 0 Å². The highest BCUT2D eigenvalue weighted by Gasteiger charge is 2.14. The van der Waals surface area contributed by atoms with Gasteiger partial charge in [-0.25, -0.2) is 0 Å². The van der Waals surface area contributed by atoms with Crippen LogP contribution in [0.15, 0.2) is 6.07 Å². The highest BCUT2D eigenvalue weighted by Crippen LogP contribution is 2.29. The van der Waals surface area contributed by atoms with Gasteiger partial charge in [-0.1, -0.05) is 6.07 Å². The van der Waals surface area contributed by atoms with Crippen molar-refractivity contribution >= 4 is 5.69 Å². The summed E-state index contributed by atoms with van der Waals surface area (Å²) < 4.78 is 0. The van der Waals surface area contributed by atoms with Gasteiger partial charge >= 0.3 is 0 Å². The number of nitrogens with two attached hydrogens (primary N) is 1. The van der Waals surface area contributed by atoms with Crippen molar-refractivity contribution in [1.29, 1.82) is 0 Å². The van der Waals surface area contributed by atoms with Crippen LogP contribution in [0.4, 0.5) is 5.69 Å². The molecule has 3 nitrogen and oxygen atoms in total. The fourth-order valence-electron chi connectivity index (χ4n) is 2.27. The summed E-state index contributed by atoms with van der Waals surface area (Å²) in [4.78, 5) is 2.14. The van der Waals surface area contributed by atoms with Crippen molar-refractivity contribution in [3.63, 3.8) is 0 Å². The van der Waals surface area contributed by atoms with E-state index in [-0.39, 0.29) is 12.6 Å². The molecule has 0 spiro atoms. The number of benzene rings is 1. The zero-order valence-electron chi connectivity index (χ0n) is 11.5. The van der Waals surface area contributed by atoms with Crippen molar-refractivity contribution in [1.82, 2.24) is 0 Å². The molecule has 0 amide bonds. The second-order valence-corrected chi connectivity index (χ2v) is 4.93.